The Hall–Kier alpha value is -1.13. The third-order valence-electron chi connectivity index (χ3n) is 2.95. The van der Waals surface area contributed by atoms with Crippen molar-refractivity contribution in [3.05, 3.63) is 29.6 Å². The monoisotopic (exact) mass is 225 g/mol. The predicted molar refractivity (Wildman–Crippen MR) is 58.7 cm³/mol. The number of rotatable bonds is 3. The normalized spacial score (nSPS) is 24.9. The highest BCUT2D eigenvalue weighted by molar-refractivity contribution is 5.28. The molecule has 1 fully saturated rings. The number of ether oxygens (including phenoxy) is 1. The zero-order valence-corrected chi connectivity index (χ0v) is 9.29. The van der Waals surface area contributed by atoms with Crippen molar-refractivity contribution in [1.29, 1.82) is 0 Å². The topological polar surface area (TPSA) is 41.5 Å². The van der Waals surface area contributed by atoms with Gasteiger partial charge in [0.1, 0.15) is 0 Å². The SMILES string of the molecule is CC1(NCc2ccc(O)c(F)c2)CCOC1. The van der Waals surface area contributed by atoms with Crippen molar-refractivity contribution in [3.63, 3.8) is 0 Å². The van der Waals surface area contributed by atoms with Gasteiger partial charge >= 0.3 is 0 Å². The zero-order chi connectivity index (χ0) is 11.6. The van der Waals surface area contributed by atoms with Gasteiger partial charge in [0.05, 0.1) is 6.61 Å². The van der Waals surface area contributed by atoms with Crippen LogP contribution in [0.5, 0.6) is 5.75 Å². The summed E-state index contributed by atoms with van der Waals surface area (Å²) in [4.78, 5) is 0. The highest BCUT2D eigenvalue weighted by Gasteiger charge is 2.28. The van der Waals surface area contributed by atoms with Crippen molar-refractivity contribution >= 4 is 0 Å². The molecular formula is C12H16FNO2. The lowest BCUT2D eigenvalue weighted by Crippen LogP contribution is -2.42. The van der Waals surface area contributed by atoms with Gasteiger partial charge in [0, 0.05) is 18.7 Å². The number of hydrogen-bond acceptors (Lipinski definition) is 3. The maximum Gasteiger partial charge on any atom is 0.165 e. The van der Waals surface area contributed by atoms with Crippen LogP contribution in [0.15, 0.2) is 18.2 Å². The fourth-order valence-electron chi connectivity index (χ4n) is 1.78. The van der Waals surface area contributed by atoms with Gasteiger partial charge in [-0.05, 0) is 31.0 Å². The van der Waals surface area contributed by atoms with Gasteiger partial charge in [-0.15, -0.1) is 0 Å². The first-order chi connectivity index (χ1) is 7.59. The van der Waals surface area contributed by atoms with Crippen LogP contribution in [0.25, 0.3) is 0 Å². The molecule has 0 radical (unpaired) electrons. The van der Waals surface area contributed by atoms with Crippen LogP contribution in [0, 0.1) is 5.82 Å². The van der Waals surface area contributed by atoms with Gasteiger partial charge in [0.25, 0.3) is 0 Å². The van der Waals surface area contributed by atoms with Crippen LogP contribution in [0.4, 0.5) is 4.39 Å². The van der Waals surface area contributed by atoms with Crippen LogP contribution in [0.2, 0.25) is 0 Å². The predicted octanol–water partition coefficient (Wildman–Crippen LogP) is 1.80. The summed E-state index contributed by atoms with van der Waals surface area (Å²) in [7, 11) is 0. The van der Waals surface area contributed by atoms with E-state index in [1.54, 1.807) is 6.07 Å². The molecule has 1 saturated heterocycles. The van der Waals surface area contributed by atoms with E-state index in [9.17, 15) is 4.39 Å². The number of hydrogen-bond donors (Lipinski definition) is 2. The molecule has 1 aliphatic rings. The van der Waals surface area contributed by atoms with E-state index in [4.69, 9.17) is 9.84 Å². The molecule has 0 aliphatic carbocycles. The van der Waals surface area contributed by atoms with Gasteiger partial charge in [0.15, 0.2) is 11.6 Å². The summed E-state index contributed by atoms with van der Waals surface area (Å²) in [5.74, 6) is -0.883. The van der Waals surface area contributed by atoms with E-state index in [1.807, 2.05) is 0 Å². The molecule has 4 heteroatoms. The Morgan fingerprint density at radius 2 is 2.38 bits per heavy atom. The first kappa shape index (κ1) is 11.4. The summed E-state index contributed by atoms with van der Waals surface area (Å²) in [6.45, 7) is 4.13. The van der Waals surface area contributed by atoms with Crippen LogP contribution in [-0.2, 0) is 11.3 Å². The number of phenolic OH excluding ortho intramolecular Hbond substituents is 1. The van der Waals surface area contributed by atoms with Gasteiger partial charge in [0.2, 0.25) is 0 Å². The number of benzene rings is 1. The van der Waals surface area contributed by atoms with E-state index in [0.717, 1.165) is 18.6 Å². The molecule has 1 unspecified atom stereocenters. The van der Waals surface area contributed by atoms with E-state index in [0.29, 0.717) is 13.2 Å². The molecule has 3 nitrogen and oxygen atoms in total. The summed E-state index contributed by atoms with van der Waals surface area (Å²) in [6, 6.07) is 4.44. The van der Waals surface area contributed by atoms with Crippen molar-refractivity contribution in [2.45, 2.75) is 25.4 Å². The van der Waals surface area contributed by atoms with Gasteiger partial charge < -0.3 is 15.2 Å². The summed E-state index contributed by atoms with van der Waals surface area (Å²) < 4.78 is 18.4. The minimum atomic E-state index is -0.577. The zero-order valence-electron chi connectivity index (χ0n) is 9.29. The van der Waals surface area contributed by atoms with Crippen molar-refractivity contribution < 1.29 is 14.2 Å². The van der Waals surface area contributed by atoms with Crippen molar-refractivity contribution in [2.75, 3.05) is 13.2 Å². The Morgan fingerprint density at radius 3 is 3.00 bits per heavy atom. The molecule has 2 N–H and O–H groups in total. The maximum absolute atomic E-state index is 13.1. The summed E-state index contributed by atoms with van der Waals surface area (Å²) in [5, 5.41) is 12.4. The molecule has 1 heterocycles. The van der Waals surface area contributed by atoms with E-state index in [1.165, 1.54) is 12.1 Å². The Labute approximate surface area is 94.2 Å². The molecule has 16 heavy (non-hydrogen) atoms. The molecule has 0 saturated carbocycles. The molecule has 0 amide bonds. The second-order valence-electron chi connectivity index (χ2n) is 4.50. The third-order valence-corrected chi connectivity index (χ3v) is 2.95. The molecule has 1 aliphatic heterocycles. The van der Waals surface area contributed by atoms with Crippen LogP contribution < -0.4 is 5.32 Å². The van der Waals surface area contributed by atoms with Gasteiger partial charge in [-0.25, -0.2) is 4.39 Å². The average Bonchev–Trinajstić information content (AvgIpc) is 2.68. The smallest absolute Gasteiger partial charge is 0.165 e. The second kappa shape index (κ2) is 4.39. The molecule has 1 aromatic carbocycles. The summed E-state index contributed by atoms with van der Waals surface area (Å²) >= 11 is 0. The lowest BCUT2D eigenvalue weighted by atomic mass is 10.0. The van der Waals surface area contributed by atoms with E-state index in [2.05, 4.69) is 12.2 Å². The molecule has 1 aromatic rings. The summed E-state index contributed by atoms with van der Waals surface area (Å²) in [5.41, 5.74) is 0.803. The molecule has 0 bridgehead atoms. The van der Waals surface area contributed by atoms with Gasteiger partial charge in [-0.2, -0.15) is 0 Å². The molecule has 88 valence electrons. The lowest BCUT2D eigenvalue weighted by Gasteiger charge is -2.23. The fraction of sp³-hybridized carbons (Fsp3) is 0.500. The molecule has 2 rings (SSSR count). The van der Waals surface area contributed by atoms with E-state index in [-0.39, 0.29) is 11.3 Å². The number of nitrogens with one attached hydrogen (secondary N) is 1. The van der Waals surface area contributed by atoms with Crippen LogP contribution >= 0.6 is 0 Å². The molecular weight excluding hydrogens is 209 g/mol. The van der Waals surface area contributed by atoms with Crippen LogP contribution in [0.3, 0.4) is 0 Å². The van der Waals surface area contributed by atoms with Gasteiger partial charge in [-0.1, -0.05) is 6.07 Å². The fourth-order valence-corrected chi connectivity index (χ4v) is 1.78. The minimum Gasteiger partial charge on any atom is -0.505 e. The Morgan fingerprint density at radius 1 is 1.56 bits per heavy atom. The molecule has 0 spiro atoms. The minimum absolute atomic E-state index is 0.0195. The number of phenols is 1. The largest absolute Gasteiger partial charge is 0.505 e. The Bertz CT molecular complexity index is 375. The first-order valence-electron chi connectivity index (χ1n) is 5.39. The highest BCUT2D eigenvalue weighted by Crippen LogP contribution is 2.20. The molecule has 0 aromatic heterocycles. The highest BCUT2D eigenvalue weighted by atomic mass is 19.1. The summed E-state index contributed by atoms with van der Waals surface area (Å²) in [6.07, 6.45) is 0.966. The second-order valence-corrected chi connectivity index (χ2v) is 4.50. The third kappa shape index (κ3) is 2.51. The van der Waals surface area contributed by atoms with Crippen LogP contribution in [0.1, 0.15) is 18.9 Å². The van der Waals surface area contributed by atoms with E-state index >= 15 is 0 Å². The van der Waals surface area contributed by atoms with Crippen LogP contribution in [-0.4, -0.2) is 23.9 Å². The lowest BCUT2D eigenvalue weighted by molar-refractivity contribution is 0.171. The Kier molecular flexibility index (Phi) is 3.12. The van der Waals surface area contributed by atoms with Crippen molar-refractivity contribution in [2.24, 2.45) is 0 Å². The standard InChI is InChI=1S/C12H16FNO2/c1-12(4-5-16-8-12)14-7-9-2-3-11(15)10(13)6-9/h2-3,6,14-15H,4-5,7-8H2,1H3. The molecule has 1 atom stereocenters. The quantitative estimate of drug-likeness (QED) is 0.824. The average molecular weight is 225 g/mol. The van der Waals surface area contributed by atoms with Crippen molar-refractivity contribution in [1.82, 2.24) is 5.32 Å². The number of aromatic hydroxyl groups is 1. The maximum atomic E-state index is 13.1. The Balaban J connectivity index is 1.96. The van der Waals surface area contributed by atoms with Gasteiger partial charge in [-0.3, -0.25) is 0 Å². The number of halogens is 1. The van der Waals surface area contributed by atoms with E-state index < -0.39 is 5.82 Å². The van der Waals surface area contributed by atoms with Crippen molar-refractivity contribution in [3.8, 4) is 5.75 Å². The first-order valence-corrected chi connectivity index (χ1v) is 5.39.